The SMILES string of the molecule is Cc1cc(C(=O)N2C[C@@H]3CC[C@H](C2)N(CC2CCC2)C3)on1. The maximum atomic E-state index is 12.7. The molecule has 1 amide bonds. The van der Waals surface area contributed by atoms with Crippen molar-refractivity contribution in [2.45, 2.75) is 45.1 Å². The molecule has 4 heterocycles. The maximum Gasteiger partial charge on any atom is 0.292 e. The lowest BCUT2D eigenvalue weighted by molar-refractivity contribution is 0.0679. The molecular weight excluding hydrogens is 278 g/mol. The first-order chi connectivity index (χ1) is 10.7. The number of carbonyl (C=O) groups excluding carboxylic acids is 1. The quantitative estimate of drug-likeness (QED) is 0.860. The van der Waals surface area contributed by atoms with E-state index in [0.717, 1.165) is 24.7 Å². The molecular formula is C17H25N3O2. The summed E-state index contributed by atoms with van der Waals surface area (Å²) in [5.74, 6) is 1.93. The minimum atomic E-state index is 0.0167. The molecule has 1 aromatic heterocycles. The molecule has 5 nitrogen and oxygen atoms in total. The van der Waals surface area contributed by atoms with Gasteiger partial charge in [0.1, 0.15) is 0 Å². The van der Waals surface area contributed by atoms with Crippen LogP contribution in [0.1, 0.15) is 48.4 Å². The highest BCUT2D eigenvalue weighted by Gasteiger charge is 2.38. The van der Waals surface area contributed by atoms with Crippen LogP contribution >= 0.6 is 0 Å². The van der Waals surface area contributed by atoms with E-state index in [-0.39, 0.29) is 5.91 Å². The number of carbonyl (C=O) groups is 1. The minimum absolute atomic E-state index is 0.0167. The summed E-state index contributed by atoms with van der Waals surface area (Å²) in [7, 11) is 0. The zero-order valence-electron chi connectivity index (χ0n) is 13.3. The van der Waals surface area contributed by atoms with Crippen LogP contribution in [0.5, 0.6) is 0 Å². The van der Waals surface area contributed by atoms with Gasteiger partial charge in [0.2, 0.25) is 5.76 Å². The number of amides is 1. The number of aryl methyl sites for hydroxylation is 1. The fourth-order valence-electron chi connectivity index (χ4n) is 4.20. The van der Waals surface area contributed by atoms with Gasteiger partial charge in [-0.25, -0.2) is 0 Å². The van der Waals surface area contributed by atoms with Crippen LogP contribution in [0.15, 0.2) is 10.6 Å². The lowest BCUT2D eigenvalue weighted by Gasteiger charge is -2.40. The molecule has 0 radical (unpaired) electrons. The largest absolute Gasteiger partial charge is 0.351 e. The average molecular weight is 303 g/mol. The van der Waals surface area contributed by atoms with E-state index in [2.05, 4.69) is 10.1 Å². The van der Waals surface area contributed by atoms with E-state index in [0.29, 0.717) is 17.7 Å². The Hall–Kier alpha value is -1.36. The summed E-state index contributed by atoms with van der Waals surface area (Å²) in [5, 5.41) is 3.85. The Labute approximate surface area is 131 Å². The summed E-state index contributed by atoms with van der Waals surface area (Å²) in [5.41, 5.74) is 0.771. The Bertz CT molecular complexity index is 552. The normalized spacial score (nSPS) is 29.4. The predicted molar refractivity (Wildman–Crippen MR) is 82.6 cm³/mol. The Morgan fingerprint density at radius 2 is 2.14 bits per heavy atom. The summed E-state index contributed by atoms with van der Waals surface area (Å²) in [6, 6.07) is 2.29. The van der Waals surface area contributed by atoms with Gasteiger partial charge in [-0.3, -0.25) is 9.69 Å². The van der Waals surface area contributed by atoms with Crippen molar-refractivity contribution in [1.29, 1.82) is 0 Å². The molecule has 2 bridgehead atoms. The van der Waals surface area contributed by atoms with Crippen molar-refractivity contribution in [2.75, 3.05) is 26.2 Å². The summed E-state index contributed by atoms with van der Waals surface area (Å²) >= 11 is 0. The molecule has 1 saturated carbocycles. The molecule has 0 aromatic carbocycles. The number of fused-ring (bicyclic) bond motifs is 4. The maximum absolute atomic E-state index is 12.7. The lowest BCUT2D eigenvalue weighted by Crippen LogP contribution is -2.47. The van der Waals surface area contributed by atoms with Crippen molar-refractivity contribution >= 4 is 5.91 Å². The lowest BCUT2D eigenvalue weighted by atomic mass is 9.83. The predicted octanol–water partition coefficient (Wildman–Crippen LogP) is 2.32. The minimum Gasteiger partial charge on any atom is -0.351 e. The van der Waals surface area contributed by atoms with Gasteiger partial charge in [-0.15, -0.1) is 0 Å². The van der Waals surface area contributed by atoms with Crippen LogP contribution in [-0.2, 0) is 0 Å². The van der Waals surface area contributed by atoms with Crippen molar-refractivity contribution in [2.24, 2.45) is 11.8 Å². The molecule has 3 aliphatic heterocycles. The van der Waals surface area contributed by atoms with E-state index >= 15 is 0 Å². The molecule has 22 heavy (non-hydrogen) atoms. The third-order valence-corrected chi connectivity index (χ3v) is 5.67. The van der Waals surface area contributed by atoms with Crippen molar-refractivity contribution < 1.29 is 9.32 Å². The Kier molecular flexibility index (Phi) is 3.68. The molecule has 2 atom stereocenters. The number of aromatic nitrogens is 1. The number of rotatable bonds is 3. The zero-order chi connectivity index (χ0) is 15.1. The fraction of sp³-hybridized carbons (Fsp3) is 0.765. The van der Waals surface area contributed by atoms with Crippen LogP contribution in [0.2, 0.25) is 0 Å². The van der Waals surface area contributed by atoms with Gasteiger partial charge in [0.05, 0.1) is 5.69 Å². The molecule has 3 saturated heterocycles. The summed E-state index contributed by atoms with van der Waals surface area (Å²) in [6.07, 6.45) is 6.69. The molecule has 4 aliphatic rings. The highest BCUT2D eigenvalue weighted by atomic mass is 16.5. The highest BCUT2D eigenvalue weighted by Crippen LogP contribution is 2.33. The van der Waals surface area contributed by atoms with Crippen LogP contribution in [0, 0.1) is 18.8 Å². The van der Waals surface area contributed by atoms with Crippen molar-refractivity contribution in [3.8, 4) is 0 Å². The molecule has 1 aromatic rings. The number of hydrogen-bond acceptors (Lipinski definition) is 4. The Morgan fingerprint density at radius 1 is 1.27 bits per heavy atom. The number of nitrogens with zero attached hydrogens (tertiary/aromatic N) is 3. The molecule has 5 heteroatoms. The Balaban J connectivity index is 1.46. The monoisotopic (exact) mass is 303 g/mol. The second-order valence-corrected chi connectivity index (χ2v) is 7.39. The molecule has 0 unspecified atom stereocenters. The number of piperidine rings is 1. The van der Waals surface area contributed by atoms with E-state index in [9.17, 15) is 4.79 Å². The van der Waals surface area contributed by atoms with Crippen molar-refractivity contribution in [3.05, 3.63) is 17.5 Å². The Morgan fingerprint density at radius 3 is 2.82 bits per heavy atom. The van der Waals surface area contributed by atoms with Gasteiger partial charge in [-0.2, -0.15) is 0 Å². The van der Waals surface area contributed by atoms with Crippen LogP contribution < -0.4 is 0 Å². The first-order valence-corrected chi connectivity index (χ1v) is 8.65. The molecule has 120 valence electrons. The molecule has 5 rings (SSSR count). The van der Waals surface area contributed by atoms with Gasteiger partial charge in [0, 0.05) is 38.3 Å². The van der Waals surface area contributed by atoms with Crippen LogP contribution in [0.4, 0.5) is 0 Å². The van der Waals surface area contributed by atoms with Gasteiger partial charge in [0.25, 0.3) is 5.91 Å². The van der Waals surface area contributed by atoms with Crippen LogP contribution in [-0.4, -0.2) is 53.1 Å². The van der Waals surface area contributed by atoms with Crippen molar-refractivity contribution in [1.82, 2.24) is 15.0 Å². The van der Waals surface area contributed by atoms with E-state index in [4.69, 9.17) is 4.52 Å². The molecule has 0 N–H and O–H groups in total. The van der Waals surface area contributed by atoms with Gasteiger partial charge in [0.15, 0.2) is 0 Å². The average Bonchev–Trinajstić information content (AvgIpc) is 2.70. The van der Waals surface area contributed by atoms with E-state index < -0.39 is 0 Å². The van der Waals surface area contributed by atoms with Crippen molar-refractivity contribution in [3.63, 3.8) is 0 Å². The summed E-state index contributed by atoms with van der Waals surface area (Å²) < 4.78 is 5.17. The fourth-order valence-corrected chi connectivity index (χ4v) is 4.20. The van der Waals surface area contributed by atoms with E-state index in [1.807, 2.05) is 11.8 Å². The van der Waals surface area contributed by atoms with E-state index in [1.165, 1.54) is 45.2 Å². The molecule has 1 aliphatic carbocycles. The van der Waals surface area contributed by atoms with Gasteiger partial charge < -0.3 is 9.42 Å². The van der Waals surface area contributed by atoms with Gasteiger partial charge in [-0.1, -0.05) is 11.6 Å². The third kappa shape index (κ3) is 2.67. The molecule has 4 fully saturated rings. The first kappa shape index (κ1) is 14.2. The van der Waals surface area contributed by atoms with Gasteiger partial charge >= 0.3 is 0 Å². The highest BCUT2D eigenvalue weighted by molar-refractivity contribution is 5.91. The second-order valence-electron chi connectivity index (χ2n) is 7.39. The standard InChI is InChI=1S/C17H25N3O2/c1-12-7-16(22-18-12)17(21)20-10-14-5-6-15(11-20)19(9-14)8-13-3-2-4-13/h7,13-15H,2-6,8-11H2,1H3/t14-,15-/m1/s1. The second kappa shape index (κ2) is 5.69. The number of hydrogen-bond donors (Lipinski definition) is 0. The zero-order valence-corrected chi connectivity index (χ0v) is 13.3. The summed E-state index contributed by atoms with van der Waals surface area (Å²) in [4.78, 5) is 17.3. The summed E-state index contributed by atoms with van der Waals surface area (Å²) in [6.45, 7) is 5.98. The third-order valence-electron chi connectivity index (χ3n) is 5.67. The molecule has 0 spiro atoms. The van der Waals surface area contributed by atoms with Crippen LogP contribution in [0.3, 0.4) is 0 Å². The van der Waals surface area contributed by atoms with Gasteiger partial charge in [-0.05, 0) is 44.4 Å². The first-order valence-electron chi connectivity index (χ1n) is 8.65. The van der Waals surface area contributed by atoms with E-state index in [1.54, 1.807) is 6.07 Å². The topological polar surface area (TPSA) is 49.6 Å². The van der Waals surface area contributed by atoms with Crippen LogP contribution in [0.25, 0.3) is 0 Å². The smallest absolute Gasteiger partial charge is 0.292 e.